The summed E-state index contributed by atoms with van der Waals surface area (Å²) in [6.07, 6.45) is 0.100. The number of halogens is 3. The number of amidine groups is 1. The number of ether oxygens (including phenoxy) is 2. The third-order valence-electron chi connectivity index (χ3n) is 3.50. The number of rotatable bonds is 4. The number of amides is 1. The third kappa shape index (κ3) is 6.68. The van der Waals surface area contributed by atoms with Gasteiger partial charge < -0.3 is 20.5 Å². The van der Waals surface area contributed by atoms with E-state index < -0.39 is 24.3 Å². The molecule has 1 unspecified atom stereocenters. The van der Waals surface area contributed by atoms with Crippen LogP contribution < -0.4 is 15.8 Å². The molecule has 1 aliphatic rings. The minimum atomic E-state index is -2.47. The molecular weight excluding hydrogens is 393 g/mol. The minimum absolute atomic E-state index is 0.0294. The van der Waals surface area contributed by atoms with E-state index in [9.17, 15) is 18.0 Å². The number of carbonyl (C=O) groups is 1. The highest BCUT2D eigenvalue weighted by molar-refractivity contribution is 6.03. The van der Waals surface area contributed by atoms with Crippen LogP contribution in [-0.4, -0.2) is 59.5 Å². The van der Waals surface area contributed by atoms with Crippen molar-refractivity contribution in [3.8, 4) is 5.88 Å². The van der Waals surface area contributed by atoms with E-state index in [1.54, 1.807) is 6.92 Å². The van der Waals surface area contributed by atoms with Gasteiger partial charge in [0.25, 0.3) is 12.3 Å². The quantitative estimate of drug-likeness (QED) is 0.731. The lowest BCUT2D eigenvalue weighted by molar-refractivity contribution is 0.0505. The number of aliphatic imine (C=N–C) groups is 1. The normalized spacial score (nSPS) is 15.8. The van der Waals surface area contributed by atoms with Crippen molar-refractivity contribution in [2.75, 3.05) is 25.6 Å². The Labute approximate surface area is 164 Å². The number of methoxy groups -OCH3 is 1. The number of alkyl halides is 2. The van der Waals surface area contributed by atoms with Crippen molar-refractivity contribution < 1.29 is 27.4 Å². The molecule has 9 nitrogen and oxygen atoms in total. The Kier molecular flexibility index (Phi) is 7.83. The van der Waals surface area contributed by atoms with Crippen molar-refractivity contribution >= 4 is 17.4 Å². The van der Waals surface area contributed by atoms with Crippen LogP contribution in [0.25, 0.3) is 0 Å². The highest BCUT2D eigenvalue weighted by Gasteiger charge is 2.22. The van der Waals surface area contributed by atoms with Crippen molar-refractivity contribution in [3.05, 3.63) is 41.9 Å². The van der Waals surface area contributed by atoms with Gasteiger partial charge in [-0.2, -0.15) is 4.39 Å². The molecule has 3 rings (SSSR count). The van der Waals surface area contributed by atoms with Crippen LogP contribution in [0, 0.1) is 12.9 Å². The first-order valence-electron chi connectivity index (χ1n) is 8.28. The van der Waals surface area contributed by atoms with E-state index in [0.29, 0.717) is 17.3 Å². The van der Waals surface area contributed by atoms with Crippen molar-refractivity contribution in [2.24, 2.45) is 10.7 Å². The molecule has 0 radical (unpaired) electrons. The number of nitrogens with two attached hydrogens (primary N) is 1. The number of nitrogens with one attached hydrogen (secondary N) is 1. The molecular formula is C17H19F3N6O3. The predicted octanol–water partition coefficient (Wildman–Crippen LogP) is 1.59. The van der Waals surface area contributed by atoms with Crippen LogP contribution in [0.15, 0.2) is 29.5 Å². The number of hydrogen-bond acceptors (Lipinski definition) is 8. The summed E-state index contributed by atoms with van der Waals surface area (Å²) in [5, 5.41) is 2.55. The second kappa shape index (κ2) is 10.3. The molecule has 3 heterocycles. The highest BCUT2D eigenvalue weighted by Crippen LogP contribution is 2.12. The summed E-state index contributed by atoms with van der Waals surface area (Å²) in [6, 6.07) is 1.50. The molecule has 12 heteroatoms. The van der Waals surface area contributed by atoms with Gasteiger partial charge in [-0.1, -0.05) is 0 Å². The summed E-state index contributed by atoms with van der Waals surface area (Å²) in [7, 11) is 1.47. The number of aryl methyl sites for hydroxylation is 1. The molecule has 1 aliphatic heterocycles. The van der Waals surface area contributed by atoms with Gasteiger partial charge in [0.15, 0.2) is 0 Å². The van der Waals surface area contributed by atoms with Crippen LogP contribution in [0.4, 0.5) is 18.9 Å². The molecule has 0 fully saturated rings. The largest absolute Gasteiger partial charge is 0.480 e. The van der Waals surface area contributed by atoms with Crippen LogP contribution >= 0.6 is 0 Å². The van der Waals surface area contributed by atoms with Crippen LogP contribution in [0.1, 0.15) is 16.2 Å². The zero-order chi connectivity index (χ0) is 21.4. The topological polar surface area (TPSA) is 125 Å². The van der Waals surface area contributed by atoms with Crippen LogP contribution in [0.3, 0.4) is 0 Å². The summed E-state index contributed by atoms with van der Waals surface area (Å²) in [6.45, 7) is 1.79. The van der Waals surface area contributed by atoms with Gasteiger partial charge in [-0.3, -0.25) is 9.79 Å². The van der Waals surface area contributed by atoms with Crippen LogP contribution in [0.5, 0.6) is 5.88 Å². The zero-order valence-electron chi connectivity index (χ0n) is 15.6. The number of carbonyl (C=O) groups excluding carboxylic acids is 1. The highest BCUT2D eigenvalue weighted by atomic mass is 19.3. The first kappa shape index (κ1) is 22.0. The maximum atomic E-state index is 12.6. The Bertz CT molecular complexity index is 864. The first-order chi connectivity index (χ1) is 13.8. The lowest BCUT2D eigenvalue weighted by atomic mass is 10.3. The molecule has 0 aromatic carbocycles. The molecule has 0 saturated carbocycles. The van der Waals surface area contributed by atoms with E-state index in [4.69, 9.17) is 15.2 Å². The molecule has 2 aromatic rings. The average Bonchev–Trinajstić information content (AvgIpc) is 2.70. The summed E-state index contributed by atoms with van der Waals surface area (Å²) in [5.74, 6) is -0.575. The van der Waals surface area contributed by atoms with Gasteiger partial charge in [0.1, 0.15) is 24.2 Å². The van der Waals surface area contributed by atoms with Gasteiger partial charge in [-0.05, 0) is 19.1 Å². The SMILES string of the molecule is COc1cnc(C(=O)Nc2ccc(F)nc2)c(C)n1.NC1=NC(C(F)F)COC1. The van der Waals surface area contributed by atoms with Gasteiger partial charge in [0, 0.05) is 0 Å². The zero-order valence-corrected chi connectivity index (χ0v) is 15.6. The summed E-state index contributed by atoms with van der Waals surface area (Å²) in [5.41, 5.74) is 6.14. The lowest BCUT2D eigenvalue weighted by Gasteiger charge is -2.17. The molecule has 0 aliphatic carbocycles. The van der Waals surface area contributed by atoms with E-state index in [0.717, 1.165) is 6.07 Å². The Morgan fingerprint density at radius 2 is 2.10 bits per heavy atom. The van der Waals surface area contributed by atoms with Gasteiger partial charge in [-0.25, -0.2) is 23.7 Å². The Hall–Kier alpha value is -3.28. The number of pyridine rings is 1. The fraction of sp³-hybridized carbons (Fsp3) is 0.353. The van der Waals surface area contributed by atoms with Gasteiger partial charge >= 0.3 is 0 Å². The van der Waals surface area contributed by atoms with Crippen LogP contribution in [0.2, 0.25) is 0 Å². The standard InChI is InChI=1S/C12H11FN4O2.C5H8F2N2O/c1-7-11(15-6-10(16-7)19-2)12(18)17-8-3-4-9(13)14-5-8;6-5(7)3-1-10-2-4(8)9-3/h3-6H,1-2H3,(H,17,18);3,5H,1-2H2,(H2,8,9). The summed E-state index contributed by atoms with van der Waals surface area (Å²) >= 11 is 0. The molecule has 0 spiro atoms. The van der Waals surface area contributed by atoms with Crippen molar-refractivity contribution in [1.29, 1.82) is 0 Å². The van der Waals surface area contributed by atoms with E-state index in [1.807, 2.05) is 0 Å². The minimum Gasteiger partial charge on any atom is -0.480 e. The van der Waals surface area contributed by atoms with Gasteiger partial charge in [0.2, 0.25) is 11.8 Å². The lowest BCUT2D eigenvalue weighted by Crippen LogP contribution is -2.34. The summed E-state index contributed by atoms with van der Waals surface area (Å²) < 4.78 is 46.0. The second-order valence-electron chi connectivity index (χ2n) is 5.71. The molecule has 1 amide bonds. The second-order valence-corrected chi connectivity index (χ2v) is 5.71. The van der Waals surface area contributed by atoms with E-state index in [-0.39, 0.29) is 24.7 Å². The number of anilines is 1. The molecule has 2 aromatic heterocycles. The first-order valence-corrected chi connectivity index (χ1v) is 8.28. The molecule has 3 N–H and O–H groups in total. The smallest absolute Gasteiger partial charge is 0.276 e. The fourth-order valence-corrected chi connectivity index (χ4v) is 2.12. The van der Waals surface area contributed by atoms with Gasteiger partial charge in [-0.15, -0.1) is 0 Å². The van der Waals surface area contributed by atoms with Crippen LogP contribution in [-0.2, 0) is 4.74 Å². The summed E-state index contributed by atoms with van der Waals surface area (Å²) in [4.78, 5) is 26.9. The molecule has 0 saturated heterocycles. The maximum absolute atomic E-state index is 12.6. The third-order valence-corrected chi connectivity index (χ3v) is 3.50. The Morgan fingerprint density at radius 3 is 2.62 bits per heavy atom. The molecule has 0 bridgehead atoms. The fourth-order valence-electron chi connectivity index (χ4n) is 2.12. The monoisotopic (exact) mass is 412 g/mol. The van der Waals surface area contributed by atoms with Crippen molar-refractivity contribution in [1.82, 2.24) is 15.0 Å². The number of aromatic nitrogens is 3. The van der Waals surface area contributed by atoms with Gasteiger partial charge in [0.05, 0.1) is 37.5 Å². The molecule has 1 atom stereocenters. The van der Waals surface area contributed by atoms with E-state index in [1.165, 1.54) is 25.6 Å². The van der Waals surface area contributed by atoms with E-state index in [2.05, 4.69) is 25.3 Å². The van der Waals surface area contributed by atoms with E-state index >= 15 is 0 Å². The number of nitrogens with zero attached hydrogens (tertiary/aromatic N) is 4. The molecule has 29 heavy (non-hydrogen) atoms. The Morgan fingerprint density at radius 1 is 1.34 bits per heavy atom. The number of hydrogen-bond donors (Lipinski definition) is 2. The molecule has 156 valence electrons. The Balaban J connectivity index is 0.000000253. The van der Waals surface area contributed by atoms with Crippen molar-refractivity contribution in [2.45, 2.75) is 19.4 Å². The van der Waals surface area contributed by atoms with Crippen molar-refractivity contribution in [3.63, 3.8) is 0 Å². The predicted molar refractivity (Wildman–Crippen MR) is 97.7 cm³/mol. The average molecular weight is 412 g/mol. The maximum Gasteiger partial charge on any atom is 0.276 e.